The van der Waals surface area contributed by atoms with Gasteiger partial charge in [-0.3, -0.25) is 0 Å². The van der Waals surface area contributed by atoms with Gasteiger partial charge in [0.15, 0.2) is 0 Å². The van der Waals surface area contributed by atoms with E-state index >= 15 is 0 Å². The Kier molecular flexibility index (Phi) is 3.72. The normalized spacial score (nSPS) is 15.2. The molecule has 0 radical (unpaired) electrons. The number of hydrogen-bond acceptors (Lipinski definition) is 2. The van der Waals surface area contributed by atoms with E-state index in [1.54, 1.807) is 0 Å². The first kappa shape index (κ1) is 12.7. The molecule has 1 aromatic carbocycles. The topological polar surface area (TPSA) is 44.0 Å². The van der Waals surface area contributed by atoms with Gasteiger partial charge < -0.3 is 5.11 Å². The maximum absolute atomic E-state index is 10.2. The second-order valence-corrected chi connectivity index (χ2v) is 5.27. The van der Waals surface area contributed by atoms with Gasteiger partial charge >= 0.3 is 0 Å². The SMILES string of the molecule is Cc1ccccc1C(C#N)C(O)C(C)(C)C. The van der Waals surface area contributed by atoms with E-state index in [1.165, 1.54) is 0 Å². The zero-order valence-electron chi connectivity index (χ0n) is 10.4. The highest BCUT2D eigenvalue weighted by atomic mass is 16.3. The molecule has 2 atom stereocenters. The van der Waals surface area contributed by atoms with Gasteiger partial charge in [-0.15, -0.1) is 0 Å². The summed E-state index contributed by atoms with van der Waals surface area (Å²) in [5.41, 5.74) is 1.69. The van der Waals surface area contributed by atoms with Gasteiger partial charge in [-0.2, -0.15) is 5.26 Å². The standard InChI is InChI=1S/C14H19NO/c1-10-7-5-6-8-11(10)12(9-15)13(16)14(2,3)4/h5-8,12-13,16H,1-4H3. The largest absolute Gasteiger partial charge is 0.391 e. The predicted molar refractivity (Wildman–Crippen MR) is 65.0 cm³/mol. The Balaban J connectivity index is 3.11. The molecule has 1 aromatic rings. The van der Waals surface area contributed by atoms with Crippen molar-refractivity contribution in [2.24, 2.45) is 5.41 Å². The molecular weight excluding hydrogens is 198 g/mol. The van der Waals surface area contributed by atoms with Crippen LogP contribution in [0, 0.1) is 23.7 Å². The molecule has 0 aliphatic rings. The number of aliphatic hydroxyl groups excluding tert-OH is 1. The fourth-order valence-corrected chi connectivity index (χ4v) is 1.75. The fraction of sp³-hybridized carbons (Fsp3) is 0.500. The van der Waals surface area contributed by atoms with E-state index in [0.29, 0.717) is 0 Å². The average molecular weight is 217 g/mol. The van der Waals surface area contributed by atoms with Crippen molar-refractivity contribution in [3.05, 3.63) is 35.4 Å². The Morgan fingerprint density at radius 1 is 1.25 bits per heavy atom. The molecule has 0 amide bonds. The molecule has 1 N–H and O–H groups in total. The first-order chi connectivity index (χ1) is 7.38. The highest BCUT2D eigenvalue weighted by molar-refractivity contribution is 5.34. The monoisotopic (exact) mass is 217 g/mol. The van der Waals surface area contributed by atoms with Crippen molar-refractivity contribution in [1.29, 1.82) is 5.26 Å². The molecule has 86 valence electrons. The first-order valence-electron chi connectivity index (χ1n) is 5.51. The zero-order valence-corrected chi connectivity index (χ0v) is 10.4. The molecule has 0 aliphatic carbocycles. The van der Waals surface area contributed by atoms with Gasteiger partial charge in [-0.25, -0.2) is 0 Å². The van der Waals surface area contributed by atoms with Crippen LogP contribution < -0.4 is 0 Å². The summed E-state index contributed by atoms with van der Waals surface area (Å²) in [6, 6.07) is 9.94. The van der Waals surface area contributed by atoms with E-state index in [1.807, 2.05) is 52.0 Å². The van der Waals surface area contributed by atoms with E-state index in [2.05, 4.69) is 6.07 Å². The lowest BCUT2D eigenvalue weighted by Gasteiger charge is -2.30. The number of nitrogens with zero attached hydrogens (tertiary/aromatic N) is 1. The third-order valence-electron chi connectivity index (χ3n) is 2.87. The van der Waals surface area contributed by atoms with Crippen molar-refractivity contribution in [3.63, 3.8) is 0 Å². The third-order valence-corrected chi connectivity index (χ3v) is 2.87. The molecule has 0 saturated carbocycles. The molecule has 0 heterocycles. The first-order valence-corrected chi connectivity index (χ1v) is 5.51. The third kappa shape index (κ3) is 2.62. The average Bonchev–Trinajstić information content (AvgIpc) is 2.20. The Morgan fingerprint density at radius 3 is 2.25 bits per heavy atom. The molecule has 16 heavy (non-hydrogen) atoms. The van der Waals surface area contributed by atoms with Gasteiger partial charge in [-0.1, -0.05) is 45.0 Å². The Bertz CT molecular complexity index is 398. The molecule has 2 heteroatoms. The Hall–Kier alpha value is -1.33. The lowest BCUT2D eigenvalue weighted by atomic mass is 9.78. The summed E-state index contributed by atoms with van der Waals surface area (Å²) in [6.07, 6.45) is -0.654. The summed E-state index contributed by atoms with van der Waals surface area (Å²) in [5, 5.41) is 19.4. The van der Waals surface area contributed by atoms with Gasteiger partial charge in [-0.05, 0) is 23.5 Å². The molecule has 0 fully saturated rings. The van der Waals surface area contributed by atoms with Crippen molar-refractivity contribution < 1.29 is 5.11 Å². The number of aryl methyl sites for hydroxylation is 1. The number of aliphatic hydroxyl groups is 1. The summed E-state index contributed by atoms with van der Waals surface area (Å²) < 4.78 is 0. The number of nitriles is 1. The summed E-state index contributed by atoms with van der Waals surface area (Å²) in [4.78, 5) is 0. The van der Waals surface area contributed by atoms with Crippen LogP contribution in [0.3, 0.4) is 0 Å². The Labute approximate surface area is 97.5 Å². The minimum absolute atomic E-state index is 0.289. The van der Waals surface area contributed by atoms with E-state index in [-0.39, 0.29) is 5.41 Å². The minimum atomic E-state index is -0.654. The molecule has 0 saturated heterocycles. The number of hydrogen-bond donors (Lipinski definition) is 1. The summed E-state index contributed by atoms with van der Waals surface area (Å²) in [5.74, 6) is -0.457. The molecule has 0 bridgehead atoms. The van der Waals surface area contributed by atoms with Crippen molar-refractivity contribution in [2.75, 3.05) is 0 Å². The number of rotatable bonds is 2. The van der Waals surface area contributed by atoms with Crippen LogP contribution in [0.4, 0.5) is 0 Å². The Morgan fingerprint density at radius 2 is 1.81 bits per heavy atom. The molecule has 0 aromatic heterocycles. The zero-order chi connectivity index (χ0) is 12.3. The smallest absolute Gasteiger partial charge is 0.0979 e. The van der Waals surface area contributed by atoms with Crippen LogP contribution >= 0.6 is 0 Å². The van der Waals surface area contributed by atoms with Crippen LogP contribution in [0.25, 0.3) is 0 Å². The molecule has 2 unspecified atom stereocenters. The highest BCUT2D eigenvalue weighted by Crippen LogP contribution is 2.32. The highest BCUT2D eigenvalue weighted by Gasteiger charge is 2.32. The van der Waals surface area contributed by atoms with Crippen LogP contribution in [-0.2, 0) is 0 Å². The fourth-order valence-electron chi connectivity index (χ4n) is 1.75. The lowest BCUT2D eigenvalue weighted by Crippen LogP contribution is -2.32. The summed E-state index contributed by atoms with van der Waals surface area (Å²) >= 11 is 0. The van der Waals surface area contributed by atoms with Crippen LogP contribution in [0.2, 0.25) is 0 Å². The van der Waals surface area contributed by atoms with Crippen LogP contribution in [0.15, 0.2) is 24.3 Å². The molecule has 0 aliphatic heterocycles. The van der Waals surface area contributed by atoms with Crippen LogP contribution in [-0.4, -0.2) is 11.2 Å². The molecule has 0 spiro atoms. The van der Waals surface area contributed by atoms with E-state index in [9.17, 15) is 10.4 Å². The van der Waals surface area contributed by atoms with Crippen molar-refractivity contribution in [1.82, 2.24) is 0 Å². The molecule has 2 nitrogen and oxygen atoms in total. The van der Waals surface area contributed by atoms with E-state index < -0.39 is 12.0 Å². The quantitative estimate of drug-likeness (QED) is 0.827. The predicted octanol–water partition coefficient (Wildman–Crippen LogP) is 3.01. The van der Waals surface area contributed by atoms with Gasteiger partial charge in [0.25, 0.3) is 0 Å². The second kappa shape index (κ2) is 4.67. The molecular formula is C14H19NO. The maximum atomic E-state index is 10.2. The van der Waals surface area contributed by atoms with E-state index in [4.69, 9.17) is 0 Å². The van der Waals surface area contributed by atoms with Crippen molar-refractivity contribution >= 4 is 0 Å². The van der Waals surface area contributed by atoms with Crippen molar-refractivity contribution in [3.8, 4) is 6.07 Å². The van der Waals surface area contributed by atoms with E-state index in [0.717, 1.165) is 11.1 Å². The van der Waals surface area contributed by atoms with Gasteiger partial charge in [0, 0.05) is 0 Å². The molecule has 1 rings (SSSR count). The van der Waals surface area contributed by atoms with Gasteiger partial charge in [0.2, 0.25) is 0 Å². The second-order valence-electron chi connectivity index (χ2n) is 5.27. The summed E-state index contributed by atoms with van der Waals surface area (Å²) in [6.45, 7) is 7.80. The summed E-state index contributed by atoms with van der Waals surface area (Å²) in [7, 11) is 0. The number of benzene rings is 1. The maximum Gasteiger partial charge on any atom is 0.0979 e. The lowest BCUT2D eigenvalue weighted by molar-refractivity contribution is 0.0526. The minimum Gasteiger partial charge on any atom is -0.391 e. The van der Waals surface area contributed by atoms with Crippen molar-refractivity contribution in [2.45, 2.75) is 39.7 Å². The van der Waals surface area contributed by atoms with Gasteiger partial charge in [0.05, 0.1) is 18.1 Å². The van der Waals surface area contributed by atoms with Crippen LogP contribution in [0.1, 0.15) is 37.8 Å². The van der Waals surface area contributed by atoms with Gasteiger partial charge in [0.1, 0.15) is 0 Å². The van der Waals surface area contributed by atoms with Crippen LogP contribution in [0.5, 0.6) is 0 Å².